The molecule has 140 valence electrons. The number of carbonyl (C=O) groups is 1. The van der Waals surface area contributed by atoms with Gasteiger partial charge in [0.15, 0.2) is 0 Å². The van der Waals surface area contributed by atoms with Gasteiger partial charge in [-0.15, -0.1) is 0 Å². The summed E-state index contributed by atoms with van der Waals surface area (Å²) in [5.74, 6) is 0.798. The lowest BCUT2D eigenvalue weighted by Gasteiger charge is -2.40. The smallest absolute Gasteiger partial charge is 0.319 e. The van der Waals surface area contributed by atoms with Gasteiger partial charge in [0, 0.05) is 23.9 Å². The van der Waals surface area contributed by atoms with Gasteiger partial charge in [0.1, 0.15) is 5.76 Å². The first-order valence-corrected chi connectivity index (χ1v) is 8.86. The molecule has 6 heteroatoms. The lowest BCUT2D eigenvalue weighted by atomic mass is 9.84. The number of ether oxygens (including phenoxy) is 2. The second kappa shape index (κ2) is 7.03. The number of nitrogens with two attached hydrogens (primary N) is 1. The van der Waals surface area contributed by atoms with Gasteiger partial charge in [-0.2, -0.15) is 0 Å². The van der Waals surface area contributed by atoms with Crippen LogP contribution in [-0.4, -0.2) is 35.8 Å². The zero-order valence-corrected chi connectivity index (χ0v) is 15.7. The van der Waals surface area contributed by atoms with Crippen LogP contribution < -0.4 is 11.1 Å². The Hall–Kier alpha value is -2.47. The van der Waals surface area contributed by atoms with Crippen LogP contribution in [-0.2, 0) is 9.47 Å². The van der Waals surface area contributed by atoms with Crippen molar-refractivity contribution in [1.82, 2.24) is 10.2 Å². The molecule has 0 aromatic rings. The van der Waals surface area contributed by atoms with Gasteiger partial charge in [-0.25, -0.2) is 4.79 Å². The van der Waals surface area contributed by atoms with E-state index < -0.39 is 6.03 Å². The fourth-order valence-corrected chi connectivity index (χ4v) is 3.72. The summed E-state index contributed by atoms with van der Waals surface area (Å²) < 4.78 is 11.9. The predicted molar refractivity (Wildman–Crippen MR) is 101 cm³/mol. The molecular formula is C20H27N3O3. The van der Waals surface area contributed by atoms with Crippen LogP contribution >= 0.6 is 0 Å². The van der Waals surface area contributed by atoms with Gasteiger partial charge in [0.25, 0.3) is 0 Å². The SMILES string of the molecule is COC1=C(C(C)N(C(N)=O)C2=CNC=CC2)C=CC2OC(C)(C)C=CC12. The Balaban J connectivity index is 1.95. The molecule has 0 aromatic carbocycles. The van der Waals surface area contributed by atoms with E-state index in [1.54, 1.807) is 18.2 Å². The third-order valence-electron chi connectivity index (χ3n) is 4.95. The van der Waals surface area contributed by atoms with Crippen LogP contribution in [0.1, 0.15) is 27.2 Å². The summed E-state index contributed by atoms with van der Waals surface area (Å²) in [6.07, 6.45) is 14.4. The van der Waals surface area contributed by atoms with E-state index in [0.717, 1.165) is 17.0 Å². The number of urea groups is 1. The quantitative estimate of drug-likeness (QED) is 0.759. The number of hydrogen-bond acceptors (Lipinski definition) is 4. The highest BCUT2D eigenvalue weighted by molar-refractivity contribution is 5.75. The highest BCUT2D eigenvalue weighted by Gasteiger charge is 2.38. The number of fused-ring (bicyclic) bond motifs is 1. The summed E-state index contributed by atoms with van der Waals surface area (Å²) in [5.41, 5.74) is 7.14. The lowest BCUT2D eigenvalue weighted by Crippen LogP contribution is -2.45. The number of rotatable bonds is 4. The summed E-state index contributed by atoms with van der Waals surface area (Å²) in [6, 6.07) is -0.751. The van der Waals surface area contributed by atoms with E-state index in [1.807, 2.05) is 45.2 Å². The number of methoxy groups -OCH3 is 1. The molecule has 2 amide bonds. The molecule has 3 atom stereocenters. The summed E-state index contributed by atoms with van der Waals surface area (Å²) >= 11 is 0. The molecule has 0 saturated heterocycles. The Morgan fingerprint density at radius 2 is 2.23 bits per heavy atom. The normalized spacial score (nSPS) is 27.3. The second-order valence-corrected chi connectivity index (χ2v) is 7.25. The molecule has 3 rings (SSSR count). The van der Waals surface area contributed by atoms with E-state index in [4.69, 9.17) is 15.2 Å². The van der Waals surface area contributed by atoms with Gasteiger partial charge in [-0.05, 0) is 27.0 Å². The van der Waals surface area contributed by atoms with Gasteiger partial charge in [0.2, 0.25) is 0 Å². The summed E-state index contributed by atoms with van der Waals surface area (Å²) in [4.78, 5) is 13.8. The Labute approximate surface area is 154 Å². The summed E-state index contributed by atoms with van der Waals surface area (Å²) in [7, 11) is 1.66. The van der Waals surface area contributed by atoms with Gasteiger partial charge in [-0.1, -0.05) is 30.4 Å². The highest BCUT2D eigenvalue weighted by atomic mass is 16.5. The van der Waals surface area contributed by atoms with E-state index in [2.05, 4.69) is 17.5 Å². The molecule has 2 heterocycles. The van der Waals surface area contributed by atoms with Crippen LogP contribution in [0.25, 0.3) is 0 Å². The van der Waals surface area contributed by atoms with E-state index in [0.29, 0.717) is 6.42 Å². The Morgan fingerprint density at radius 3 is 2.85 bits per heavy atom. The van der Waals surface area contributed by atoms with Crippen molar-refractivity contribution in [2.75, 3.05) is 7.11 Å². The largest absolute Gasteiger partial charge is 0.500 e. The molecular weight excluding hydrogens is 330 g/mol. The first-order valence-electron chi connectivity index (χ1n) is 8.86. The molecule has 6 nitrogen and oxygen atoms in total. The number of amides is 2. The molecule has 26 heavy (non-hydrogen) atoms. The molecule has 0 fully saturated rings. The summed E-state index contributed by atoms with van der Waals surface area (Å²) in [6.45, 7) is 6.03. The predicted octanol–water partition coefficient (Wildman–Crippen LogP) is 2.92. The molecule has 0 saturated carbocycles. The van der Waals surface area contributed by atoms with E-state index in [9.17, 15) is 4.79 Å². The van der Waals surface area contributed by atoms with E-state index >= 15 is 0 Å². The molecule has 3 unspecified atom stereocenters. The van der Waals surface area contributed by atoms with Crippen molar-refractivity contribution in [2.24, 2.45) is 11.7 Å². The van der Waals surface area contributed by atoms with Crippen LogP contribution in [0.3, 0.4) is 0 Å². The second-order valence-electron chi connectivity index (χ2n) is 7.25. The highest BCUT2D eigenvalue weighted by Crippen LogP contribution is 2.38. The minimum atomic E-state index is -0.490. The fraction of sp³-hybridized carbons (Fsp3) is 0.450. The van der Waals surface area contributed by atoms with Crippen molar-refractivity contribution in [3.8, 4) is 0 Å². The third kappa shape index (κ3) is 3.42. The van der Waals surface area contributed by atoms with Gasteiger partial charge < -0.3 is 20.5 Å². The van der Waals surface area contributed by atoms with Crippen molar-refractivity contribution < 1.29 is 14.3 Å². The van der Waals surface area contributed by atoms with Crippen molar-refractivity contribution in [2.45, 2.75) is 44.9 Å². The summed E-state index contributed by atoms with van der Waals surface area (Å²) in [5, 5.41) is 3.02. The maximum absolute atomic E-state index is 12.2. The van der Waals surface area contributed by atoms with Crippen molar-refractivity contribution in [3.05, 3.63) is 59.8 Å². The number of allylic oxidation sites excluding steroid dienone is 1. The first-order chi connectivity index (χ1) is 12.3. The molecule has 2 aliphatic heterocycles. The minimum Gasteiger partial charge on any atom is -0.500 e. The van der Waals surface area contributed by atoms with Crippen molar-refractivity contribution >= 4 is 6.03 Å². The number of nitrogens with one attached hydrogen (secondary N) is 1. The zero-order valence-electron chi connectivity index (χ0n) is 15.7. The monoisotopic (exact) mass is 357 g/mol. The maximum atomic E-state index is 12.2. The molecule has 0 bridgehead atoms. The average molecular weight is 357 g/mol. The first kappa shape index (κ1) is 18.3. The minimum absolute atomic E-state index is 0.0106. The van der Waals surface area contributed by atoms with Crippen LogP contribution in [0.4, 0.5) is 4.79 Å². The number of nitrogens with zero attached hydrogens (tertiary/aromatic N) is 1. The Kier molecular flexibility index (Phi) is 4.96. The maximum Gasteiger partial charge on any atom is 0.319 e. The Bertz CT molecular complexity index is 731. The Morgan fingerprint density at radius 1 is 1.46 bits per heavy atom. The molecule has 0 radical (unpaired) electrons. The number of carbonyl (C=O) groups excluding carboxylic acids is 1. The fourth-order valence-electron chi connectivity index (χ4n) is 3.72. The molecule has 3 N–H and O–H groups in total. The van der Waals surface area contributed by atoms with Crippen LogP contribution in [0.5, 0.6) is 0 Å². The van der Waals surface area contributed by atoms with E-state index in [1.165, 1.54) is 0 Å². The van der Waals surface area contributed by atoms with Gasteiger partial charge in [-0.3, -0.25) is 4.90 Å². The standard InChI is InChI=1S/C20H27N3O3/c1-13(23(19(21)24)14-6-5-11-22-12-14)15-7-8-17-16(18(15)25-4)9-10-20(2,3)26-17/h5,7-13,16-17,22H,6H2,1-4H3,(H2,21,24). The topological polar surface area (TPSA) is 76.8 Å². The number of hydrogen-bond donors (Lipinski definition) is 2. The molecule has 3 aliphatic rings. The molecule has 0 aromatic heterocycles. The zero-order chi connectivity index (χ0) is 18.9. The number of dihydropyridines is 1. The average Bonchev–Trinajstić information content (AvgIpc) is 2.60. The van der Waals surface area contributed by atoms with Crippen LogP contribution in [0.15, 0.2) is 59.8 Å². The van der Waals surface area contributed by atoms with Crippen molar-refractivity contribution in [1.29, 1.82) is 0 Å². The van der Waals surface area contributed by atoms with Crippen LogP contribution in [0, 0.1) is 5.92 Å². The third-order valence-corrected chi connectivity index (χ3v) is 4.95. The number of primary amides is 1. The van der Waals surface area contributed by atoms with Gasteiger partial charge in [0.05, 0.1) is 30.8 Å². The van der Waals surface area contributed by atoms with E-state index in [-0.39, 0.29) is 23.7 Å². The molecule has 1 aliphatic carbocycles. The van der Waals surface area contributed by atoms with Crippen molar-refractivity contribution in [3.63, 3.8) is 0 Å². The van der Waals surface area contributed by atoms with Crippen LogP contribution in [0.2, 0.25) is 0 Å². The molecule has 0 spiro atoms. The lowest BCUT2D eigenvalue weighted by molar-refractivity contribution is -0.0493. The van der Waals surface area contributed by atoms with Gasteiger partial charge >= 0.3 is 6.03 Å².